The first kappa shape index (κ1) is 12.3. The van der Waals surface area contributed by atoms with E-state index in [2.05, 4.69) is 4.98 Å². The summed E-state index contributed by atoms with van der Waals surface area (Å²) < 4.78 is 5.38. The molecule has 0 amide bonds. The topological polar surface area (TPSA) is 39.2 Å². The molecule has 0 saturated heterocycles. The second kappa shape index (κ2) is 5.96. The van der Waals surface area contributed by atoms with Gasteiger partial charge in [-0.3, -0.25) is 9.78 Å². The number of Topliss-reactive ketones (excluding diaryl/α,β-unsaturated/α-hetero) is 1. The van der Waals surface area contributed by atoms with E-state index in [0.29, 0.717) is 18.6 Å². The molecular formula is C15H15NO2. The zero-order valence-corrected chi connectivity index (χ0v) is 10.3. The second-order valence-corrected chi connectivity index (χ2v) is 3.92. The molecule has 2 rings (SSSR count). The Kier molecular flexibility index (Phi) is 4.07. The van der Waals surface area contributed by atoms with Crippen LogP contribution < -0.4 is 4.74 Å². The monoisotopic (exact) mass is 241 g/mol. The lowest BCUT2D eigenvalue weighted by molar-refractivity contribution is 0.0992. The number of carbonyl (C=O) groups is 1. The maximum absolute atomic E-state index is 12.1. The van der Waals surface area contributed by atoms with Crippen molar-refractivity contribution in [1.82, 2.24) is 4.98 Å². The summed E-state index contributed by atoms with van der Waals surface area (Å²) in [4.78, 5) is 16.1. The summed E-state index contributed by atoms with van der Waals surface area (Å²) in [6.45, 7) is 2.52. The zero-order valence-electron chi connectivity index (χ0n) is 10.3. The lowest BCUT2D eigenvalue weighted by Gasteiger charge is -2.05. The first-order chi connectivity index (χ1) is 8.79. The van der Waals surface area contributed by atoms with Crippen molar-refractivity contribution < 1.29 is 9.53 Å². The smallest absolute Gasteiger partial charge is 0.167 e. The number of aromatic nitrogens is 1. The number of ketones is 1. The van der Waals surface area contributed by atoms with Gasteiger partial charge in [0.25, 0.3) is 0 Å². The van der Waals surface area contributed by atoms with E-state index in [1.54, 1.807) is 24.5 Å². The molecule has 0 aliphatic heterocycles. The number of hydrogen-bond acceptors (Lipinski definition) is 3. The van der Waals surface area contributed by atoms with Gasteiger partial charge in [-0.15, -0.1) is 0 Å². The van der Waals surface area contributed by atoms with Gasteiger partial charge in [0.15, 0.2) is 5.78 Å². The SMILES string of the molecule is CCOc1cccc(C(=O)Cc2cccnc2)c1. The highest BCUT2D eigenvalue weighted by atomic mass is 16.5. The van der Waals surface area contributed by atoms with Crippen LogP contribution in [0.15, 0.2) is 48.8 Å². The van der Waals surface area contributed by atoms with E-state index < -0.39 is 0 Å². The highest BCUT2D eigenvalue weighted by molar-refractivity contribution is 5.97. The second-order valence-electron chi connectivity index (χ2n) is 3.92. The minimum atomic E-state index is 0.0737. The molecule has 0 fully saturated rings. The Balaban J connectivity index is 2.11. The molecule has 2 aromatic rings. The Morgan fingerprint density at radius 3 is 2.89 bits per heavy atom. The third kappa shape index (κ3) is 3.17. The minimum Gasteiger partial charge on any atom is -0.494 e. The fourth-order valence-corrected chi connectivity index (χ4v) is 1.72. The van der Waals surface area contributed by atoms with Gasteiger partial charge in [-0.1, -0.05) is 18.2 Å². The van der Waals surface area contributed by atoms with E-state index >= 15 is 0 Å². The van der Waals surface area contributed by atoms with Crippen LogP contribution in [0.4, 0.5) is 0 Å². The first-order valence-electron chi connectivity index (χ1n) is 5.94. The minimum absolute atomic E-state index is 0.0737. The highest BCUT2D eigenvalue weighted by Crippen LogP contribution is 2.15. The quantitative estimate of drug-likeness (QED) is 0.755. The highest BCUT2D eigenvalue weighted by Gasteiger charge is 2.08. The molecular weight excluding hydrogens is 226 g/mol. The van der Waals surface area contributed by atoms with Crippen LogP contribution in [0, 0.1) is 0 Å². The normalized spacial score (nSPS) is 10.1. The van der Waals surface area contributed by atoms with Gasteiger partial charge >= 0.3 is 0 Å². The molecule has 0 N–H and O–H groups in total. The molecule has 0 bridgehead atoms. The number of hydrogen-bond donors (Lipinski definition) is 0. The Morgan fingerprint density at radius 2 is 2.17 bits per heavy atom. The van der Waals surface area contributed by atoms with Gasteiger partial charge < -0.3 is 4.74 Å². The maximum Gasteiger partial charge on any atom is 0.167 e. The van der Waals surface area contributed by atoms with Gasteiger partial charge in [0, 0.05) is 24.4 Å². The van der Waals surface area contributed by atoms with Crippen molar-refractivity contribution in [1.29, 1.82) is 0 Å². The van der Waals surface area contributed by atoms with Crippen LogP contribution in [0.3, 0.4) is 0 Å². The molecule has 18 heavy (non-hydrogen) atoms. The molecule has 1 aromatic carbocycles. The van der Waals surface area contributed by atoms with Crippen LogP contribution >= 0.6 is 0 Å². The zero-order chi connectivity index (χ0) is 12.8. The van der Waals surface area contributed by atoms with Crippen molar-refractivity contribution in [3.63, 3.8) is 0 Å². The fraction of sp³-hybridized carbons (Fsp3) is 0.200. The van der Waals surface area contributed by atoms with Crippen LogP contribution in [0.5, 0.6) is 5.75 Å². The van der Waals surface area contributed by atoms with Crippen molar-refractivity contribution in [2.45, 2.75) is 13.3 Å². The standard InChI is InChI=1S/C15H15NO2/c1-2-18-14-7-3-6-13(10-14)15(17)9-12-5-4-8-16-11-12/h3-8,10-11H,2,9H2,1H3. The third-order valence-corrected chi connectivity index (χ3v) is 2.55. The molecule has 3 nitrogen and oxygen atoms in total. The molecule has 0 aliphatic carbocycles. The molecule has 1 aromatic heterocycles. The number of carbonyl (C=O) groups excluding carboxylic acids is 1. The van der Waals surface area contributed by atoms with E-state index in [9.17, 15) is 4.79 Å². The molecule has 0 unspecified atom stereocenters. The predicted octanol–water partition coefficient (Wildman–Crippen LogP) is 2.91. The van der Waals surface area contributed by atoms with Crippen molar-refractivity contribution in [2.24, 2.45) is 0 Å². The summed E-state index contributed by atoms with van der Waals surface area (Å²) in [7, 11) is 0. The maximum atomic E-state index is 12.1. The summed E-state index contributed by atoms with van der Waals surface area (Å²) in [6, 6.07) is 11.0. The molecule has 0 saturated carbocycles. The van der Waals surface area contributed by atoms with E-state index in [-0.39, 0.29) is 5.78 Å². The largest absolute Gasteiger partial charge is 0.494 e. The van der Waals surface area contributed by atoms with Crippen LogP contribution in [0.25, 0.3) is 0 Å². The Labute approximate surface area is 106 Å². The van der Waals surface area contributed by atoms with Crippen molar-refractivity contribution >= 4 is 5.78 Å². The van der Waals surface area contributed by atoms with Crippen molar-refractivity contribution in [2.75, 3.05) is 6.61 Å². The Morgan fingerprint density at radius 1 is 1.28 bits per heavy atom. The van der Waals surface area contributed by atoms with E-state index in [4.69, 9.17) is 4.74 Å². The summed E-state index contributed by atoms with van der Waals surface area (Å²) in [5.74, 6) is 0.805. The molecule has 0 spiro atoms. The van der Waals surface area contributed by atoms with Crippen LogP contribution in [0.1, 0.15) is 22.8 Å². The van der Waals surface area contributed by atoms with Crippen molar-refractivity contribution in [3.8, 4) is 5.75 Å². The summed E-state index contributed by atoms with van der Waals surface area (Å²) in [5, 5.41) is 0. The summed E-state index contributed by atoms with van der Waals surface area (Å²) >= 11 is 0. The van der Waals surface area contributed by atoms with E-state index in [1.165, 1.54) is 0 Å². The van der Waals surface area contributed by atoms with Gasteiger partial charge in [-0.2, -0.15) is 0 Å². The van der Waals surface area contributed by atoms with Crippen molar-refractivity contribution in [3.05, 3.63) is 59.9 Å². The van der Waals surface area contributed by atoms with Crippen LogP contribution in [0.2, 0.25) is 0 Å². The average Bonchev–Trinajstić information content (AvgIpc) is 2.40. The number of ether oxygens (including phenoxy) is 1. The van der Waals surface area contributed by atoms with Crippen LogP contribution in [-0.2, 0) is 6.42 Å². The molecule has 1 heterocycles. The molecule has 0 radical (unpaired) electrons. The summed E-state index contributed by atoms with van der Waals surface area (Å²) in [5.41, 5.74) is 1.59. The third-order valence-electron chi connectivity index (χ3n) is 2.55. The number of rotatable bonds is 5. The van der Waals surface area contributed by atoms with Gasteiger partial charge in [-0.05, 0) is 30.7 Å². The van der Waals surface area contributed by atoms with Crippen LogP contribution in [-0.4, -0.2) is 17.4 Å². The van der Waals surface area contributed by atoms with Gasteiger partial charge in [-0.25, -0.2) is 0 Å². The lowest BCUT2D eigenvalue weighted by Crippen LogP contribution is -2.04. The first-order valence-corrected chi connectivity index (χ1v) is 5.94. The molecule has 0 atom stereocenters. The molecule has 92 valence electrons. The van der Waals surface area contributed by atoms with Gasteiger partial charge in [0.2, 0.25) is 0 Å². The Hall–Kier alpha value is -2.16. The number of pyridine rings is 1. The Bertz CT molecular complexity index is 523. The molecule has 3 heteroatoms. The van der Waals surface area contributed by atoms with E-state index in [0.717, 1.165) is 11.3 Å². The summed E-state index contributed by atoms with van der Waals surface area (Å²) in [6.07, 6.45) is 3.78. The predicted molar refractivity (Wildman–Crippen MR) is 69.9 cm³/mol. The number of nitrogens with zero attached hydrogens (tertiary/aromatic N) is 1. The lowest BCUT2D eigenvalue weighted by atomic mass is 10.0. The number of benzene rings is 1. The average molecular weight is 241 g/mol. The fourth-order valence-electron chi connectivity index (χ4n) is 1.72. The molecule has 0 aliphatic rings. The van der Waals surface area contributed by atoms with E-state index in [1.807, 2.05) is 31.2 Å². The van der Waals surface area contributed by atoms with Gasteiger partial charge in [0.05, 0.1) is 6.61 Å². The van der Waals surface area contributed by atoms with Gasteiger partial charge in [0.1, 0.15) is 5.75 Å².